The van der Waals surface area contributed by atoms with E-state index in [0.29, 0.717) is 18.6 Å². The molecule has 0 bridgehead atoms. The topological polar surface area (TPSA) is 96.0 Å². The summed E-state index contributed by atoms with van der Waals surface area (Å²) in [6, 6.07) is 17.1. The Balaban J connectivity index is 2.09. The van der Waals surface area contributed by atoms with E-state index in [-0.39, 0.29) is 39.1 Å². The van der Waals surface area contributed by atoms with Gasteiger partial charge in [-0.1, -0.05) is 72.9 Å². The van der Waals surface area contributed by atoms with Crippen LogP contribution in [0.3, 0.4) is 0 Å². The summed E-state index contributed by atoms with van der Waals surface area (Å²) in [5, 5.41) is 3.09. The summed E-state index contributed by atoms with van der Waals surface area (Å²) in [6.07, 6.45) is 1.03. The summed E-state index contributed by atoms with van der Waals surface area (Å²) in [5.74, 6) is -0.254. The van der Waals surface area contributed by atoms with Gasteiger partial charge in [0.05, 0.1) is 27.7 Å². The number of nitrogens with one attached hydrogen (secondary N) is 1. The second kappa shape index (κ2) is 14.8. The molecule has 0 aromatic heterocycles. The first-order valence-corrected chi connectivity index (χ1v) is 15.9. The van der Waals surface area contributed by atoms with Gasteiger partial charge in [-0.3, -0.25) is 13.9 Å². The fraction of sp³-hybridized carbons (Fsp3) is 0.355. The van der Waals surface area contributed by atoms with Gasteiger partial charge in [0.25, 0.3) is 10.0 Å². The zero-order valence-electron chi connectivity index (χ0n) is 24.4. The smallest absolute Gasteiger partial charge is 0.264 e. The lowest BCUT2D eigenvalue weighted by molar-refractivity contribution is -0.140. The predicted octanol–water partition coefficient (Wildman–Crippen LogP) is 6.23. The number of hydrogen-bond donors (Lipinski definition) is 1. The molecular formula is C31H37Cl2N3O5S. The van der Waals surface area contributed by atoms with E-state index in [1.54, 1.807) is 49.6 Å². The maximum Gasteiger partial charge on any atom is 0.264 e. The zero-order valence-corrected chi connectivity index (χ0v) is 26.8. The van der Waals surface area contributed by atoms with Crippen LogP contribution >= 0.6 is 23.2 Å². The number of aryl methyl sites for hydroxylation is 1. The van der Waals surface area contributed by atoms with E-state index in [4.69, 9.17) is 27.9 Å². The number of halogens is 2. The highest BCUT2D eigenvalue weighted by molar-refractivity contribution is 7.92. The van der Waals surface area contributed by atoms with E-state index in [1.165, 1.54) is 29.2 Å². The molecule has 0 saturated carbocycles. The van der Waals surface area contributed by atoms with Gasteiger partial charge in [0, 0.05) is 12.6 Å². The number of benzene rings is 3. The molecule has 0 fully saturated rings. The lowest BCUT2D eigenvalue weighted by Crippen LogP contribution is -2.53. The van der Waals surface area contributed by atoms with Gasteiger partial charge in [-0.2, -0.15) is 0 Å². The fourth-order valence-electron chi connectivity index (χ4n) is 4.32. The molecular weight excluding hydrogens is 597 g/mol. The lowest BCUT2D eigenvalue weighted by Gasteiger charge is -2.34. The molecule has 3 aromatic rings. The second-order valence-electron chi connectivity index (χ2n) is 10.0. The van der Waals surface area contributed by atoms with Crippen LogP contribution in [0.25, 0.3) is 0 Å². The number of sulfonamides is 1. The molecule has 1 N–H and O–H groups in total. The lowest BCUT2D eigenvalue weighted by atomic mass is 10.1. The van der Waals surface area contributed by atoms with Crippen LogP contribution in [0.5, 0.6) is 5.75 Å². The molecule has 0 saturated heterocycles. The monoisotopic (exact) mass is 633 g/mol. The third-order valence-electron chi connectivity index (χ3n) is 6.99. The summed E-state index contributed by atoms with van der Waals surface area (Å²) in [6.45, 7) is 6.95. The Morgan fingerprint density at radius 1 is 0.952 bits per heavy atom. The van der Waals surface area contributed by atoms with Crippen molar-refractivity contribution in [3.8, 4) is 5.75 Å². The van der Waals surface area contributed by atoms with Crippen molar-refractivity contribution < 1.29 is 22.7 Å². The number of rotatable bonds is 13. The van der Waals surface area contributed by atoms with Crippen LogP contribution < -0.4 is 14.4 Å². The molecule has 2 amide bonds. The summed E-state index contributed by atoms with van der Waals surface area (Å²) in [4.78, 5) is 29.0. The van der Waals surface area contributed by atoms with Crippen LogP contribution in [0, 0.1) is 6.92 Å². The number of hydrogen-bond acceptors (Lipinski definition) is 5. The number of carbonyl (C=O) groups is 2. The summed E-state index contributed by atoms with van der Waals surface area (Å²) >= 11 is 12.8. The van der Waals surface area contributed by atoms with E-state index in [9.17, 15) is 18.0 Å². The van der Waals surface area contributed by atoms with Crippen molar-refractivity contribution in [2.45, 2.75) is 64.1 Å². The molecule has 0 aliphatic carbocycles. The quantitative estimate of drug-likeness (QED) is 0.241. The Morgan fingerprint density at radius 2 is 1.60 bits per heavy atom. The minimum atomic E-state index is -4.27. The number of ether oxygens (including phenoxy) is 1. The van der Waals surface area contributed by atoms with Crippen LogP contribution in [0.2, 0.25) is 10.0 Å². The van der Waals surface area contributed by atoms with Crippen molar-refractivity contribution in [1.82, 2.24) is 10.2 Å². The minimum absolute atomic E-state index is 0.00841. The van der Waals surface area contributed by atoms with E-state index >= 15 is 0 Å². The van der Waals surface area contributed by atoms with Crippen molar-refractivity contribution in [3.05, 3.63) is 87.9 Å². The maximum atomic E-state index is 14.2. The molecule has 0 radical (unpaired) electrons. The van der Waals surface area contributed by atoms with E-state index in [0.717, 1.165) is 15.4 Å². The standard InChI is InChI=1S/C31H37Cl2N3O5S/c1-6-22(4)34-31(38)27(7-2)35(19-23-13-15-24(41-5)16-14-23)29(37)20-36(28-10-8-9-26(32)30(28)33)42(39,40)25-17-11-21(3)12-18-25/h8-18,22,27H,6-7,19-20H2,1-5H3,(H,34,38)/t22-,27-/m1/s1. The Morgan fingerprint density at radius 3 is 2.17 bits per heavy atom. The molecule has 0 unspecified atom stereocenters. The molecule has 226 valence electrons. The van der Waals surface area contributed by atoms with E-state index in [2.05, 4.69) is 5.32 Å². The first kappa shape index (κ1) is 33.2. The van der Waals surface area contributed by atoms with Crippen LogP contribution in [-0.2, 0) is 26.2 Å². The maximum absolute atomic E-state index is 14.2. The molecule has 11 heteroatoms. The van der Waals surface area contributed by atoms with Gasteiger partial charge in [-0.05, 0) is 68.7 Å². The Bertz CT molecular complexity index is 1480. The highest BCUT2D eigenvalue weighted by atomic mass is 35.5. The van der Waals surface area contributed by atoms with Crippen LogP contribution in [0.15, 0.2) is 71.6 Å². The molecule has 0 heterocycles. The number of carbonyl (C=O) groups excluding carboxylic acids is 2. The second-order valence-corrected chi connectivity index (χ2v) is 12.7. The number of nitrogens with zero attached hydrogens (tertiary/aromatic N) is 2. The van der Waals surface area contributed by atoms with Gasteiger partial charge in [-0.25, -0.2) is 8.42 Å². The van der Waals surface area contributed by atoms with Gasteiger partial charge < -0.3 is 15.0 Å². The minimum Gasteiger partial charge on any atom is -0.497 e. The van der Waals surface area contributed by atoms with Crippen LogP contribution in [0.4, 0.5) is 5.69 Å². The highest BCUT2D eigenvalue weighted by Gasteiger charge is 2.35. The number of amides is 2. The number of methoxy groups -OCH3 is 1. The van der Waals surface area contributed by atoms with Crippen LogP contribution in [0.1, 0.15) is 44.7 Å². The Hall–Kier alpha value is -3.27. The van der Waals surface area contributed by atoms with Gasteiger partial charge >= 0.3 is 0 Å². The molecule has 0 aliphatic rings. The van der Waals surface area contributed by atoms with Crippen molar-refractivity contribution in [2.75, 3.05) is 18.0 Å². The molecule has 3 aromatic carbocycles. The Labute approximate surface area is 258 Å². The molecule has 0 aliphatic heterocycles. The third-order valence-corrected chi connectivity index (χ3v) is 9.57. The number of anilines is 1. The largest absolute Gasteiger partial charge is 0.497 e. The summed E-state index contributed by atoms with van der Waals surface area (Å²) in [7, 11) is -2.71. The average Bonchev–Trinajstić information content (AvgIpc) is 2.97. The summed E-state index contributed by atoms with van der Waals surface area (Å²) in [5.41, 5.74) is 1.67. The van der Waals surface area contributed by atoms with Gasteiger partial charge in [0.1, 0.15) is 18.3 Å². The normalized spacial score (nSPS) is 12.7. The van der Waals surface area contributed by atoms with E-state index < -0.39 is 28.5 Å². The first-order chi connectivity index (χ1) is 19.9. The van der Waals surface area contributed by atoms with Gasteiger partial charge in [-0.15, -0.1) is 0 Å². The van der Waals surface area contributed by atoms with E-state index in [1.807, 2.05) is 27.7 Å². The molecule has 2 atom stereocenters. The third kappa shape index (κ3) is 7.96. The molecule has 3 rings (SSSR count). The molecule has 8 nitrogen and oxygen atoms in total. The highest BCUT2D eigenvalue weighted by Crippen LogP contribution is 2.35. The van der Waals surface area contributed by atoms with Gasteiger partial charge in [0.15, 0.2) is 0 Å². The zero-order chi connectivity index (χ0) is 31.0. The van der Waals surface area contributed by atoms with Crippen molar-refractivity contribution in [3.63, 3.8) is 0 Å². The van der Waals surface area contributed by atoms with Gasteiger partial charge in [0.2, 0.25) is 11.8 Å². The first-order valence-electron chi connectivity index (χ1n) is 13.7. The van der Waals surface area contributed by atoms with Crippen molar-refractivity contribution in [2.24, 2.45) is 0 Å². The van der Waals surface area contributed by atoms with Crippen LogP contribution in [-0.4, -0.2) is 50.9 Å². The van der Waals surface area contributed by atoms with Crippen molar-refractivity contribution >= 4 is 50.7 Å². The SMILES string of the molecule is CC[C@@H](C)NC(=O)[C@@H](CC)N(Cc1ccc(OC)cc1)C(=O)CN(c1cccc(Cl)c1Cl)S(=O)(=O)c1ccc(C)cc1. The predicted molar refractivity (Wildman–Crippen MR) is 168 cm³/mol. The Kier molecular flexibility index (Phi) is 11.7. The fourth-order valence-corrected chi connectivity index (χ4v) is 6.20. The molecule has 42 heavy (non-hydrogen) atoms. The molecule has 0 spiro atoms. The average molecular weight is 635 g/mol. The van der Waals surface area contributed by atoms with Crippen molar-refractivity contribution in [1.29, 1.82) is 0 Å². The summed E-state index contributed by atoms with van der Waals surface area (Å²) < 4.78 is 34.2.